The number of thioether (sulfide) groups is 1. The van der Waals surface area contributed by atoms with Gasteiger partial charge in [0.05, 0.1) is 11.8 Å². The first-order valence-corrected chi connectivity index (χ1v) is 12.3. The molecular formula is C20H28N4O5S2. The molecule has 9 nitrogen and oxygen atoms in total. The normalized spacial score (nSPS) is 34.2. The molecule has 3 aliphatic rings. The topological polar surface area (TPSA) is 146 Å². The van der Waals surface area contributed by atoms with Crippen LogP contribution >= 0.6 is 23.1 Å². The molecule has 2 amide bonds. The molecule has 0 spiro atoms. The smallest absolute Gasteiger partial charge is 0.327 e. The van der Waals surface area contributed by atoms with E-state index in [9.17, 15) is 24.6 Å². The maximum atomic E-state index is 12.6. The van der Waals surface area contributed by atoms with Crippen LogP contribution in [0.25, 0.3) is 0 Å². The first kappa shape index (κ1) is 22.3. The number of hydrogen-bond acceptors (Lipinski definition) is 8. The van der Waals surface area contributed by atoms with Crippen LogP contribution in [-0.4, -0.2) is 66.2 Å². The van der Waals surface area contributed by atoms with Crippen LogP contribution in [0.3, 0.4) is 0 Å². The number of nitrogen functional groups attached to an aromatic ring is 1. The van der Waals surface area contributed by atoms with E-state index >= 15 is 0 Å². The van der Waals surface area contributed by atoms with Crippen molar-refractivity contribution in [2.24, 2.45) is 5.92 Å². The van der Waals surface area contributed by atoms with Crippen molar-refractivity contribution in [1.82, 2.24) is 15.2 Å². The number of thiazole rings is 1. The number of aliphatic hydroxyl groups excluding tert-OH is 1. The number of amides is 2. The van der Waals surface area contributed by atoms with Crippen molar-refractivity contribution in [2.75, 3.05) is 5.73 Å². The van der Waals surface area contributed by atoms with E-state index in [-0.39, 0.29) is 41.5 Å². The number of hydrogen-bond donors (Lipinski definition) is 4. The summed E-state index contributed by atoms with van der Waals surface area (Å²) in [7, 11) is 0. The number of β-lactam (4-membered cyclic amide) rings is 1. The molecule has 11 heteroatoms. The van der Waals surface area contributed by atoms with E-state index in [2.05, 4.69) is 10.3 Å². The van der Waals surface area contributed by atoms with E-state index in [1.165, 1.54) is 28.0 Å². The number of nitrogens with one attached hydrogen (secondary N) is 1. The quantitative estimate of drug-likeness (QED) is 0.458. The highest BCUT2D eigenvalue weighted by molar-refractivity contribution is 8.01. The summed E-state index contributed by atoms with van der Waals surface area (Å²) in [5.41, 5.74) is 6.65. The predicted molar refractivity (Wildman–Crippen MR) is 118 cm³/mol. The molecule has 0 bridgehead atoms. The van der Waals surface area contributed by atoms with Crippen LogP contribution in [0.5, 0.6) is 0 Å². The Hall–Kier alpha value is -1.85. The molecule has 6 atom stereocenters. The number of aliphatic carboxylic acids is 1. The van der Waals surface area contributed by atoms with Gasteiger partial charge < -0.3 is 26.2 Å². The van der Waals surface area contributed by atoms with E-state index in [4.69, 9.17) is 5.73 Å². The van der Waals surface area contributed by atoms with Crippen molar-refractivity contribution in [3.05, 3.63) is 11.1 Å². The molecule has 2 aliphatic heterocycles. The molecule has 5 N–H and O–H groups in total. The molecule has 1 aliphatic carbocycles. The largest absolute Gasteiger partial charge is 0.480 e. The van der Waals surface area contributed by atoms with Gasteiger partial charge in [-0.3, -0.25) is 9.59 Å². The number of carbonyl (C=O) groups is 3. The number of carboxylic acids is 1. The van der Waals surface area contributed by atoms with Crippen LogP contribution in [0.2, 0.25) is 0 Å². The van der Waals surface area contributed by atoms with E-state index in [1.54, 1.807) is 0 Å². The summed E-state index contributed by atoms with van der Waals surface area (Å²) in [4.78, 5) is 42.5. The number of carbonyl (C=O) groups excluding carboxylic acids is 2. The molecule has 3 heterocycles. The van der Waals surface area contributed by atoms with Gasteiger partial charge in [0, 0.05) is 22.5 Å². The molecule has 1 aromatic rings. The standard InChI is InChI=1S/C20H28N4O5S2/c1-20(2)15(18(28)29)24-16(27)14(17(24)31-20)23-13(26)6-4-9-3-5-10(25)7-11(9)12-8-30-19(21)22-12/h8-11,14-15,17,25H,3-7H2,1-2H3,(H2,21,22)(H,23,26)(H,28,29)/t9?,10-,11-,14-,15+,17-/m1/s1. The fourth-order valence-electron chi connectivity index (χ4n) is 5.10. The summed E-state index contributed by atoms with van der Waals surface area (Å²) in [5, 5.41) is 24.5. The lowest BCUT2D eigenvalue weighted by atomic mass is 9.74. The van der Waals surface area contributed by atoms with E-state index in [1.807, 2.05) is 19.2 Å². The summed E-state index contributed by atoms with van der Waals surface area (Å²) < 4.78 is -0.614. The van der Waals surface area contributed by atoms with Gasteiger partial charge in [-0.25, -0.2) is 9.78 Å². The first-order chi connectivity index (χ1) is 14.6. The lowest BCUT2D eigenvalue weighted by molar-refractivity contribution is -0.161. The van der Waals surface area contributed by atoms with Gasteiger partial charge in [-0.1, -0.05) is 0 Å². The van der Waals surface area contributed by atoms with Gasteiger partial charge in [-0.05, 0) is 45.4 Å². The summed E-state index contributed by atoms with van der Waals surface area (Å²) in [6, 6.07) is -1.56. The van der Waals surface area contributed by atoms with Crippen LogP contribution in [0.15, 0.2) is 5.38 Å². The maximum absolute atomic E-state index is 12.6. The van der Waals surface area contributed by atoms with Crippen molar-refractivity contribution in [3.8, 4) is 0 Å². The Labute approximate surface area is 188 Å². The van der Waals surface area contributed by atoms with Gasteiger partial charge >= 0.3 is 5.97 Å². The number of rotatable bonds is 6. The molecule has 4 rings (SSSR count). The number of nitrogens with two attached hydrogens (primary N) is 1. The fourth-order valence-corrected chi connectivity index (χ4v) is 7.35. The number of anilines is 1. The first-order valence-electron chi connectivity index (χ1n) is 10.5. The van der Waals surface area contributed by atoms with Crippen molar-refractivity contribution in [2.45, 2.75) is 80.2 Å². The second-order valence-electron chi connectivity index (χ2n) is 9.13. The second-order valence-corrected chi connectivity index (χ2v) is 11.8. The molecular weight excluding hydrogens is 440 g/mol. The Morgan fingerprint density at radius 1 is 1.39 bits per heavy atom. The zero-order chi connectivity index (χ0) is 22.5. The Bertz CT molecular complexity index is 891. The Kier molecular flexibility index (Phi) is 5.95. The number of fused-ring (bicyclic) bond motifs is 1. The summed E-state index contributed by atoms with van der Waals surface area (Å²) >= 11 is 2.79. The third kappa shape index (κ3) is 4.14. The van der Waals surface area contributed by atoms with Gasteiger partial charge in [0.15, 0.2) is 5.13 Å². The van der Waals surface area contributed by atoms with Crippen molar-refractivity contribution < 1.29 is 24.6 Å². The van der Waals surface area contributed by atoms with Gasteiger partial charge in [0.1, 0.15) is 17.5 Å². The van der Waals surface area contributed by atoms with Gasteiger partial charge in [0.25, 0.3) is 0 Å². The molecule has 170 valence electrons. The Morgan fingerprint density at radius 3 is 2.77 bits per heavy atom. The lowest BCUT2D eigenvalue weighted by Crippen LogP contribution is -2.70. The predicted octanol–water partition coefficient (Wildman–Crippen LogP) is 1.38. The molecule has 1 aromatic heterocycles. The molecule has 31 heavy (non-hydrogen) atoms. The van der Waals surface area contributed by atoms with Crippen LogP contribution < -0.4 is 11.1 Å². The minimum Gasteiger partial charge on any atom is -0.480 e. The molecule has 3 fully saturated rings. The van der Waals surface area contributed by atoms with Crippen molar-refractivity contribution in [3.63, 3.8) is 0 Å². The average molecular weight is 469 g/mol. The number of aliphatic hydroxyl groups is 1. The summed E-state index contributed by atoms with van der Waals surface area (Å²) in [6.07, 6.45) is 2.63. The van der Waals surface area contributed by atoms with Crippen LogP contribution in [0, 0.1) is 5.92 Å². The van der Waals surface area contributed by atoms with Gasteiger partial charge in [-0.15, -0.1) is 23.1 Å². The number of aromatic nitrogens is 1. The SMILES string of the molecule is CC1(C)S[C@@H]2[C@H](NC(=O)CCC3CC[C@@H](O)C[C@H]3c3csc(N)n3)C(=O)N2[C@H]1C(=O)O. The van der Waals surface area contributed by atoms with E-state index < -0.39 is 22.8 Å². The lowest BCUT2D eigenvalue weighted by Gasteiger charge is -2.43. The average Bonchev–Trinajstić information content (AvgIpc) is 3.23. The molecule has 1 unspecified atom stereocenters. The molecule has 2 saturated heterocycles. The van der Waals surface area contributed by atoms with Crippen molar-refractivity contribution >= 4 is 46.0 Å². The molecule has 0 radical (unpaired) electrons. The maximum Gasteiger partial charge on any atom is 0.327 e. The minimum absolute atomic E-state index is 0.0634. The van der Waals surface area contributed by atoms with Crippen molar-refractivity contribution in [1.29, 1.82) is 0 Å². The summed E-state index contributed by atoms with van der Waals surface area (Å²) in [6.45, 7) is 3.62. The second kappa shape index (κ2) is 8.25. The Morgan fingerprint density at radius 2 is 2.13 bits per heavy atom. The van der Waals surface area contributed by atoms with E-state index in [0.29, 0.717) is 24.4 Å². The number of nitrogens with zero attached hydrogens (tertiary/aromatic N) is 2. The monoisotopic (exact) mass is 468 g/mol. The van der Waals surface area contributed by atoms with Crippen LogP contribution in [0.1, 0.15) is 57.6 Å². The van der Waals surface area contributed by atoms with Gasteiger partial charge in [-0.2, -0.15) is 0 Å². The summed E-state index contributed by atoms with van der Waals surface area (Å²) in [5.74, 6) is -1.29. The zero-order valence-electron chi connectivity index (χ0n) is 17.5. The van der Waals surface area contributed by atoms with Gasteiger partial charge in [0.2, 0.25) is 11.8 Å². The molecule has 1 saturated carbocycles. The highest BCUT2D eigenvalue weighted by Crippen LogP contribution is 2.50. The van der Waals surface area contributed by atoms with Crippen LogP contribution in [-0.2, 0) is 14.4 Å². The fraction of sp³-hybridized carbons (Fsp3) is 0.700. The highest BCUT2D eigenvalue weighted by Gasteiger charge is 2.64. The minimum atomic E-state index is -1.02. The third-order valence-corrected chi connectivity index (χ3v) is 8.88. The zero-order valence-corrected chi connectivity index (χ0v) is 19.1. The van der Waals surface area contributed by atoms with Crippen LogP contribution in [0.4, 0.5) is 5.13 Å². The Balaban J connectivity index is 1.34. The van der Waals surface area contributed by atoms with E-state index in [0.717, 1.165) is 12.1 Å². The molecule has 0 aromatic carbocycles. The third-order valence-electron chi connectivity index (χ3n) is 6.62. The highest BCUT2D eigenvalue weighted by atomic mass is 32.2. The number of carboxylic acid groups (broad SMARTS) is 1.